The fourth-order valence-electron chi connectivity index (χ4n) is 3.07. The Morgan fingerprint density at radius 2 is 1.68 bits per heavy atom. The minimum absolute atomic E-state index is 0.118. The van der Waals surface area contributed by atoms with Crippen molar-refractivity contribution in [3.05, 3.63) is 60.7 Å². The van der Waals surface area contributed by atoms with Crippen LogP contribution in [0.4, 0.5) is 11.5 Å². The number of nitrogens with zero attached hydrogens (tertiary/aromatic N) is 4. The molecule has 1 N–H and O–H groups in total. The van der Waals surface area contributed by atoms with E-state index in [4.69, 9.17) is 0 Å². The van der Waals surface area contributed by atoms with Crippen LogP contribution in [0.3, 0.4) is 0 Å². The highest BCUT2D eigenvalue weighted by atomic mass is 16.3. The first-order chi connectivity index (χ1) is 12.1. The quantitative estimate of drug-likeness (QED) is 0.476. The predicted octanol–water partition coefficient (Wildman–Crippen LogP) is 5.89. The molecule has 0 aliphatic carbocycles. The van der Waals surface area contributed by atoms with Gasteiger partial charge in [-0.2, -0.15) is 0 Å². The molecule has 124 valence electrons. The van der Waals surface area contributed by atoms with Gasteiger partial charge in [-0.1, -0.05) is 36.4 Å². The molecule has 0 spiro atoms. The third kappa shape index (κ3) is 2.63. The number of benzene rings is 2. The van der Waals surface area contributed by atoms with E-state index in [0.29, 0.717) is 11.5 Å². The zero-order valence-corrected chi connectivity index (χ0v) is 14.1. The molecule has 0 fully saturated rings. The van der Waals surface area contributed by atoms with Gasteiger partial charge in [0.1, 0.15) is 0 Å². The van der Waals surface area contributed by atoms with E-state index in [9.17, 15) is 5.11 Å². The molecule has 0 amide bonds. The van der Waals surface area contributed by atoms with Crippen LogP contribution in [0.15, 0.2) is 70.9 Å². The number of azo groups is 1. The van der Waals surface area contributed by atoms with Gasteiger partial charge in [0, 0.05) is 16.8 Å². The molecule has 0 bridgehead atoms. The molecule has 0 aliphatic rings. The average Bonchev–Trinajstić information content (AvgIpc) is 2.91. The lowest BCUT2D eigenvalue weighted by Gasteiger charge is -2.10. The van der Waals surface area contributed by atoms with Crippen molar-refractivity contribution in [1.82, 2.24) is 9.55 Å². The second kappa shape index (κ2) is 6.02. The maximum atomic E-state index is 10.6. The van der Waals surface area contributed by atoms with Crippen molar-refractivity contribution in [1.29, 1.82) is 0 Å². The first-order valence-corrected chi connectivity index (χ1v) is 8.24. The molecule has 0 aliphatic heterocycles. The second-order valence-corrected chi connectivity index (χ2v) is 6.22. The summed E-state index contributed by atoms with van der Waals surface area (Å²) in [6.45, 7) is 4.05. The van der Waals surface area contributed by atoms with E-state index < -0.39 is 0 Å². The first-order valence-electron chi connectivity index (χ1n) is 8.24. The van der Waals surface area contributed by atoms with Crippen LogP contribution >= 0.6 is 0 Å². The van der Waals surface area contributed by atoms with Crippen molar-refractivity contribution in [2.75, 3.05) is 0 Å². The molecule has 0 saturated heterocycles. The van der Waals surface area contributed by atoms with E-state index in [0.717, 1.165) is 21.8 Å². The van der Waals surface area contributed by atoms with Gasteiger partial charge in [0.25, 0.3) is 0 Å². The molecule has 2 aromatic heterocycles. The summed E-state index contributed by atoms with van der Waals surface area (Å²) in [7, 11) is 0. The monoisotopic (exact) mass is 330 g/mol. The number of rotatable bonds is 3. The number of aromatic hydroxyl groups is 1. The highest BCUT2D eigenvalue weighted by molar-refractivity contribution is 5.95. The predicted molar refractivity (Wildman–Crippen MR) is 99.9 cm³/mol. The van der Waals surface area contributed by atoms with Crippen molar-refractivity contribution < 1.29 is 5.11 Å². The summed E-state index contributed by atoms with van der Waals surface area (Å²) in [5.74, 6) is 0.639. The van der Waals surface area contributed by atoms with Crippen LogP contribution in [0, 0.1) is 0 Å². The molecule has 5 heteroatoms. The zero-order chi connectivity index (χ0) is 17.4. The Hall–Kier alpha value is -3.21. The number of hydrogen-bond acceptors (Lipinski definition) is 4. The van der Waals surface area contributed by atoms with E-state index >= 15 is 0 Å². The number of para-hydroxylation sites is 2. The van der Waals surface area contributed by atoms with Gasteiger partial charge in [-0.3, -0.25) is 0 Å². The highest BCUT2D eigenvalue weighted by Gasteiger charge is 2.17. The fourth-order valence-corrected chi connectivity index (χ4v) is 3.07. The molecule has 4 aromatic rings. The lowest BCUT2D eigenvalue weighted by Crippen LogP contribution is -1.98. The SMILES string of the molecule is CC(C)n1c(O)c(N=Nc2ccc3ccccc3n2)c2ccccc21. The largest absolute Gasteiger partial charge is 0.493 e. The van der Waals surface area contributed by atoms with Crippen molar-refractivity contribution in [2.45, 2.75) is 19.9 Å². The topological polar surface area (TPSA) is 62.8 Å². The molecule has 2 aromatic carbocycles. The van der Waals surface area contributed by atoms with E-state index in [2.05, 4.69) is 15.2 Å². The number of pyridine rings is 1. The standard InChI is InChI=1S/C20H18N4O/c1-13(2)24-17-10-6-4-8-15(17)19(20(24)25)23-22-18-12-11-14-7-3-5-9-16(14)21-18/h3-13,25H,1-2H3. The van der Waals surface area contributed by atoms with Gasteiger partial charge < -0.3 is 9.67 Å². The normalized spacial score (nSPS) is 12.0. The maximum Gasteiger partial charge on any atom is 0.221 e. The Labute approximate surface area is 145 Å². The molecule has 2 heterocycles. The summed E-state index contributed by atoms with van der Waals surface area (Å²) in [6.07, 6.45) is 0. The van der Waals surface area contributed by atoms with Gasteiger partial charge in [-0.05, 0) is 38.1 Å². The van der Waals surface area contributed by atoms with Crippen LogP contribution in [0.1, 0.15) is 19.9 Å². The van der Waals surface area contributed by atoms with Gasteiger partial charge in [-0.15, -0.1) is 10.2 Å². The third-order valence-electron chi connectivity index (χ3n) is 4.21. The average molecular weight is 330 g/mol. The van der Waals surface area contributed by atoms with Crippen molar-refractivity contribution in [2.24, 2.45) is 10.2 Å². The molecular formula is C20H18N4O. The van der Waals surface area contributed by atoms with Crippen LogP contribution in [0.5, 0.6) is 5.88 Å². The lowest BCUT2D eigenvalue weighted by atomic mass is 10.2. The Balaban J connectivity index is 1.81. The summed E-state index contributed by atoms with van der Waals surface area (Å²) >= 11 is 0. The molecule has 25 heavy (non-hydrogen) atoms. The number of aromatic nitrogens is 2. The summed E-state index contributed by atoms with van der Waals surface area (Å²) in [5.41, 5.74) is 2.28. The second-order valence-electron chi connectivity index (χ2n) is 6.22. The van der Waals surface area contributed by atoms with Gasteiger partial charge in [0.15, 0.2) is 11.5 Å². The van der Waals surface area contributed by atoms with Crippen molar-refractivity contribution >= 4 is 33.3 Å². The molecule has 0 saturated carbocycles. The van der Waals surface area contributed by atoms with Crippen LogP contribution in [-0.2, 0) is 0 Å². The fraction of sp³-hybridized carbons (Fsp3) is 0.150. The number of hydrogen-bond donors (Lipinski definition) is 1. The van der Waals surface area contributed by atoms with E-state index in [1.165, 1.54) is 0 Å². The van der Waals surface area contributed by atoms with Crippen LogP contribution in [0.25, 0.3) is 21.8 Å². The zero-order valence-electron chi connectivity index (χ0n) is 14.1. The third-order valence-corrected chi connectivity index (χ3v) is 4.21. The van der Waals surface area contributed by atoms with Gasteiger partial charge in [0.2, 0.25) is 5.88 Å². The van der Waals surface area contributed by atoms with E-state index in [1.54, 1.807) is 0 Å². The highest BCUT2D eigenvalue weighted by Crippen LogP contribution is 2.41. The van der Waals surface area contributed by atoms with E-state index in [1.807, 2.05) is 79.1 Å². The first kappa shape index (κ1) is 15.3. The van der Waals surface area contributed by atoms with Crippen molar-refractivity contribution in [3.8, 4) is 5.88 Å². The molecule has 0 atom stereocenters. The molecule has 5 nitrogen and oxygen atoms in total. The summed E-state index contributed by atoms with van der Waals surface area (Å²) < 4.78 is 1.86. The van der Waals surface area contributed by atoms with Crippen LogP contribution in [0.2, 0.25) is 0 Å². The van der Waals surface area contributed by atoms with Crippen LogP contribution < -0.4 is 0 Å². The molecular weight excluding hydrogens is 312 g/mol. The minimum Gasteiger partial charge on any atom is -0.493 e. The Morgan fingerprint density at radius 1 is 0.920 bits per heavy atom. The maximum absolute atomic E-state index is 10.6. The summed E-state index contributed by atoms with van der Waals surface area (Å²) in [6, 6.07) is 19.6. The van der Waals surface area contributed by atoms with Crippen molar-refractivity contribution in [3.63, 3.8) is 0 Å². The van der Waals surface area contributed by atoms with Gasteiger partial charge >= 0.3 is 0 Å². The Bertz CT molecular complexity index is 1100. The Morgan fingerprint density at radius 3 is 2.52 bits per heavy atom. The summed E-state index contributed by atoms with van der Waals surface area (Å²) in [5, 5.41) is 21.1. The number of fused-ring (bicyclic) bond motifs is 2. The molecule has 4 rings (SSSR count). The Kier molecular flexibility index (Phi) is 3.69. The van der Waals surface area contributed by atoms with Crippen LogP contribution in [-0.4, -0.2) is 14.7 Å². The molecule has 0 radical (unpaired) electrons. The smallest absolute Gasteiger partial charge is 0.221 e. The van der Waals surface area contributed by atoms with E-state index in [-0.39, 0.29) is 11.9 Å². The van der Waals surface area contributed by atoms with Gasteiger partial charge in [-0.25, -0.2) is 4.98 Å². The minimum atomic E-state index is 0.118. The lowest BCUT2D eigenvalue weighted by molar-refractivity contribution is 0.407. The summed E-state index contributed by atoms with van der Waals surface area (Å²) in [4.78, 5) is 4.49. The molecule has 0 unspecified atom stereocenters. The van der Waals surface area contributed by atoms with Gasteiger partial charge in [0.05, 0.1) is 11.0 Å².